The van der Waals surface area contributed by atoms with E-state index in [1.807, 2.05) is 6.92 Å². The minimum absolute atomic E-state index is 0.723. The van der Waals surface area contributed by atoms with Crippen LogP contribution in [0.25, 0.3) is 10.8 Å². The molecule has 0 bridgehead atoms. The normalized spacial score (nSPS) is 11.0. The first-order chi connectivity index (χ1) is 9.24. The van der Waals surface area contributed by atoms with Gasteiger partial charge in [-0.2, -0.15) is 0 Å². The van der Waals surface area contributed by atoms with E-state index in [1.165, 1.54) is 21.0 Å². The summed E-state index contributed by atoms with van der Waals surface area (Å²) in [6.45, 7) is 1.84. The Morgan fingerprint density at radius 1 is 1.11 bits per heavy atom. The van der Waals surface area contributed by atoms with Gasteiger partial charge in [0.1, 0.15) is 5.82 Å². The van der Waals surface area contributed by atoms with Crippen molar-refractivity contribution in [2.45, 2.75) is 17.8 Å². The number of nitrogen functional groups attached to an aromatic ring is 1. The van der Waals surface area contributed by atoms with Gasteiger partial charge >= 0.3 is 0 Å². The van der Waals surface area contributed by atoms with E-state index in [0.717, 1.165) is 16.7 Å². The third-order valence-electron chi connectivity index (χ3n) is 3.02. The summed E-state index contributed by atoms with van der Waals surface area (Å²) in [6.07, 6.45) is 0. The predicted octanol–water partition coefficient (Wildman–Crippen LogP) is 2.75. The number of benzene rings is 2. The van der Waals surface area contributed by atoms with E-state index in [1.54, 1.807) is 11.8 Å². The van der Waals surface area contributed by atoms with Crippen molar-refractivity contribution in [3.8, 4) is 0 Å². The molecule has 0 aliphatic carbocycles. The number of aromatic nitrogens is 3. The van der Waals surface area contributed by atoms with Gasteiger partial charge in [0, 0.05) is 5.75 Å². The molecule has 0 amide bonds. The van der Waals surface area contributed by atoms with Crippen LogP contribution in [0.1, 0.15) is 11.4 Å². The Labute approximate surface area is 115 Å². The molecule has 0 aliphatic heterocycles. The first-order valence-corrected chi connectivity index (χ1v) is 7.00. The van der Waals surface area contributed by atoms with Crippen molar-refractivity contribution >= 4 is 22.5 Å². The lowest BCUT2D eigenvalue weighted by Crippen LogP contribution is -2.11. The summed E-state index contributed by atoms with van der Waals surface area (Å²) < 4.78 is 1.52. The molecular weight excluding hydrogens is 256 g/mol. The molecule has 0 saturated carbocycles. The first-order valence-electron chi connectivity index (χ1n) is 6.01. The van der Waals surface area contributed by atoms with Gasteiger partial charge in [-0.05, 0) is 23.3 Å². The fourth-order valence-electron chi connectivity index (χ4n) is 1.92. The Balaban J connectivity index is 1.80. The van der Waals surface area contributed by atoms with E-state index in [4.69, 9.17) is 5.84 Å². The zero-order chi connectivity index (χ0) is 13.2. The molecule has 0 fully saturated rings. The van der Waals surface area contributed by atoms with Crippen molar-refractivity contribution in [3.63, 3.8) is 0 Å². The lowest BCUT2D eigenvalue weighted by atomic mass is 10.1. The van der Waals surface area contributed by atoms with Gasteiger partial charge in [-0.25, -0.2) is 4.68 Å². The lowest BCUT2D eigenvalue weighted by molar-refractivity contribution is 0.825. The second-order valence-electron chi connectivity index (χ2n) is 4.37. The Kier molecular flexibility index (Phi) is 3.13. The van der Waals surface area contributed by atoms with Crippen molar-refractivity contribution in [1.29, 1.82) is 0 Å². The summed E-state index contributed by atoms with van der Waals surface area (Å²) in [5, 5.41) is 11.2. The van der Waals surface area contributed by atoms with Gasteiger partial charge in [-0.3, -0.25) is 0 Å². The number of nitrogens with two attached hydrogens (primary N) is 1. The maximum absolute atomic E-state index is 5.83. The molecule has 0 unspecified atom stereocenters. The summed E-state index contributed by atoms with van der Waals surface area (Å²) in [6, 6.07) is 14.8. The highest BCUT2D eigenvalue weighted by atomic mass is 32.2. The quantitative estimate of drug-likeness (QED) is 0.587. The third kappa shape index (κ3) is 2.42. The van der Waals surface area contributed by atoms with E-state index < -0.39 is 0 Å². The lowest BCUT2D eigenvalue weighted by Gasteiger charge is -2.04. The smallest absolute Gasteiger partial charge is 0.210 e. The molecule has 2 N–H and O–H groups in total. The molecule has 5 heteroatoms. The molecule has 0 atom stereocenters. The van der Waals surface area contributed by atoms with Crippen LogP contribution in [0, 0.1) is 6.92 Å². The molecular formula is C14H14N4S. The second-order valence-corrected chi connectivity index (χ2v) is 5.31. The Morgan fingerprint density at radius 2 is 1.89 bits per heavy atom. The van der Waals surface area contributed by atoms with Gasteiger partial charge in [-0.15, -0.1) is 10.2 Å². The number of nitrogens with zero attached hydrogens (tertiary/aromatic N) is 3. The second kappa shape index (κ2) is 4.93. The molecule has 0 spiro atoms. The number of hydrogen-bond donors (Lipinski definition) is 1. The molecule has 4 nitrogen and oxygen atoms in total. The number of hydrogen-bond acceptors (Lipinski definition) is 4. The SMILES string of the molecule is Cc1nnc(SCc2ccc3ccccc3c2)n1N. The Hall–Kier alpha value is -2.01. The van der Waals surface area contributed by atoms with E-state index in [0.29, 0.717) is 0 Å². The van der Waals surface area contributed by atoms with Crippen LogP contribution in [0.2, 0.25) is 0 Å². The van der Waals surface area contributed by atoms with E-state index >= 15 is 0 Å². The highest BCUT2D eigenvalue weighted by Crippen LogP contribution is 2.23. The summed E-state index contributed by atoms with van der Waals surface area (Å²) >= 11 is 1.59. The number of thioether (sulfide) groups is 1. The standard InChI is InChI=1S/C14H14N4S/c1-10-16-17-14(18(10)15)19-9-11-6-7-12-4-2-3-5-13(12)8-11/h2-8H,9,15H2,1H3. The average molecular weight is 270 g/mol. The van der Waals surface area contributed by atoms with Crippen molar-refractivity contribution in [2.75, 3.05) is 5.84 Å². The third-order valence-corrected chi connectivity index (χ3v) is 4.03. The van der Waals surface area contributed by atoms with E-state index in [-0.39, 0.29) is 0 Å². The highest BCUT2D eigenvalue weighted by molar-refractivity contribution is 7.98. The Bertz CT molecular complexity index is 720. The minimum Gasteiger partial charge on any atom is -0.336 e. The fourth-order valence-corrected chi connectivity index (χ4v) is 2.77. The van der Waals surface area contributed by atoms with Crippen LogP contribution in [0.4, 0.5) is 0 Å². The van der Waals surface area contributed by atoms with Crippen LogP contribution in [0.15, 0.2) is 47.6 Å². The van der Waals surface area contributed by atoms with Gasteiger partial charge in [0.05, 0.1) is 0 Å². The van der Waals surface area contributed by atoms with Crippen LogP contribution in [-0.4, -0.2) is 14.9 Å². The van der Waals surface area contributed by atoms with Gasteiger partial charge in [-0.1, -0.05) is 54.2 Å². The minimum atomic E-state index is 0.723. The first kappa shape index (κ1) is 12.0. The molecule has 3 aromatic rings. The molecule has 19 heavy (non-hydrogen) atoms. The zero-order valence-corrected chi connectivity index (χ0v) is 11.4. The molecule has 2 aromatic carbocycles. The highest BCUT2D eigenvalue weighted by Gasteiger charge is 2.06. The maximum atomic E-state index is 5.83. The van der Waals surface area contributed by atoms with E-state index in [9.17, 15) is 0 Å². The number of fused-ring (bicyclic) bond motifs is 1. The number of aryl methyl sites for hydroxylation is 1. The molecule has 0 saturated heterocycles. The van der Waals surface area contributed by atoms with Crippen molar-refractivity contribution in [3.05, 3.63) is 53.9 Å². The van der Waals surface area contributed by atoms with Crippen LogP contribution in [-0.2, 0) is 5.75 Å². The molecule has 3 rings (SSSR count). The van der Waals surface area contributed by atoms with Crippen LogP contribution in [0.3, 0.4) is 0 Å². The fraction of sp³-hybridized carbons (Fsp3) is 0.143. The van der Waals surface area contributed by atoms with Crippen LogP contribution < -0.4 is 5.84 Å². The Morgan fingerprint density at radius 3 is 2.63 bits per heavy atom. The maximum Gasteiger partial charge on any atom is 0.210 e. The monoisotopic (exact) mass is 270 g/mol. The van der Waals surface area contributed by atoms with Gasteiger partial charge in [0.25, 0.3) is 0 Å². The van der Waals surface area contributed by atoms with Gasteiger partial charge in [0.2, 0.25) is 5.16 Å². The van der Waals surface area contributed by atoms with Crippen molar-refractivity contribution in [2.24, 2.45) is 0 Å². The van der Waals surface area contributed by atoms with Gasteiger partial charge < -0.3 is 5.84 Å². The predicted molar refractivity (Wildman–Crippen MR) is 78.4 cm³/mol. The molecule has 1 heterocycles. The summed E-state index contributed by atoms with van der Waals surface area (Å²) in [7, 11) is 0. The molecule has 0 radical (unpaired) electrons. The molecule has 1 aromatic heterocycles. The average Bonchev–Trinajstić information content (AvgIpc) is 2.76. The zero-order valence-electron chi connectivity index (χ0n) is 10.6. The van der Waals surface area contributed by atoms with Crippen molar-refractivity contribution < 1.29 is 0 Å². The largest absolute Gasteiger partial charge is 0.336 e. The van der Waals surface area contributed by atoms with Crippen LogP contribution in [0.5, 0.6) is 0 Å². The van der Waals surface area contributed by atoms with E-state index in [2.05, 4.69) is 52.7 Å². The molecule has 96 valence electrons. The summed E-state index contributed by atoms with van der Waals surface area (Å²) in [5.74, 6) is 7.38. The van der Waals surface area contributed by atoms with Gasteiger partial charge in [0.15, 0.2) is 0 Å². The molecule has 0 aliphatic rings. The summed E-state index contributed by atoms with van der Waals surface area (Å²) in [5.41, 5.74) is 1.25. The summed E-state index contributed by atoms with van der Waals surface area (Å²) in [4.78, 5) is 0. The number of rotatable bonds is 3. The topological polar surface area (TPSA) is 56.7 Å². The van der Waals surface area contributed by atoms with Crippen LogP contribution >= 0.6 is 11.8 Å². The van der Waals surface area contributed by atoms with Crippen molar-refractivity contribution in [1.82, 2.24) is 14.9 Å².